The number of methoxy groups -OCH3 is 1. The van der Waals surface area contributed by atoms with E-state index in [-0.39, 0.29) is 5.75 Å². The van der Waals surface area contributed by atoms with Crippen molar-refractivity contribution < 1.29 is 24.1 Å². The Morgan fingerprint density at radius 2 is 1.38 bits per heavy atom. The quantitative estimate of drug-likeness (QED) is 0.533. The van der Waals surface area contributed by atoms with Crippen LogP contribution < -0.4 is 14.2 Å². The zero-order chi connectivity index (χ0) is 18.4. The first-order chi connectivity index (χ1) is 12.6. The second-order valence-electron chi connectivity index (χ2n) is 5.54. The summed E-state index contributed by atoms with van der Waals surface area (Å²) in [5.41, 5.74) is 1.38. The van der Waals surface area contributed by atoms with Crippen molar-refractivity contribution in [2.24, 2.45) is 0 Å². The van der Waals surface area contributed by atoms with E-state index >= 15 is 0 Å². The van der Waals surface area contributed by atoms with E-state index in [9.17, 15) is 9.90 Å². The van der Waals surface area contributed by atoms with Crippen LogP contribution in [0.1, 0.15) is 15.9 Å². The van der Waals surface area contributed by atoms with Crippen molar-refractivity contribution in [2.45, 2.75) is 6.61 Å². The summed E-state index contributed by atoms with van der Waals surface area (Å²) < 4.78 is 16.0. The van der Waals surface area contributed by atoms with Crippen LogP contribution >= 0.6 is 0 Å². The summed E-state index contributed by atoms with van der Waals surface area (Å²) in [6.45, 7) is 0.373. The average molecular weight is 350 g/mol. The Morgan fingerprint density at radius 3 is 2.00 bits per heavy atom. The number of hydrogen-bond acceptors (Lipinski definition) is 5. The smallest absolute Gasteiger partial charge is 0.343 e. The maximum atomic E-state index is 12.1. The molecular formula is C21H18O5. The van der Waals surface area contributed by atoms with Gasteiger partial charge in [-0.2, -0.15) is 0 Å². The number of benzene rings is 3. The van der Waals surface area contributed by atoms with Crippen LogP contribution in [0.25, 0.3) is 0 Å². The lowest BCUT2D eigenvalue weighted by atomic mass is 10.2. The van der Waals surface area contributed by atoms with Crippen LogP contribution in [-0.2, 0) is 6.61 Å². The minimum atomic E-state index is -0.430. The van der Waals surface area contributed by atoms with Crippen LogP contribution in [0, 0.1) is 0 Å². The molecule has 132 valence electrons. The van der Waals surface area contributed by atoms with E-state index in [0.29, 0.717) is 29.4 Å². The summed E-state index contributed by atoms with van der Waals surface area (Å²) in [5.74, 6) is 1.57. The number of ether oxygens (including phenoxy) is 3. The van der Waals surface area contributed by atoms with E-state index in [1.807, 2.05) is 12.1 Å². The summed E-state index contributed by atoms with van der Waals surface area (Å²) in [6, 6.07) is 20.3. The van der Waals surface area contributed by atoms with E-state index in [0.717, 1.165) is 5.56 Å². The summed E-state index contributed by atoms with van der Waals surface area (Å²) in [6.07, 6.45) is 0. The average Bonchev–Trinajstić information content (AvgIpc) is 2.68. The first-order valence-corrected chi connectivity index (χ1v) is 8.01. The van der Waals surface area contributed by atoms with Gasteiger partial charge in [0.25, 0.3) is 0 Å². The summed E-state index contributed by atoms with van der Waals surface area (Å²) in [7, 11) is 1.57. The van der Waals surface area contributed by atoms with Gasteiger partial charge in [-0.15, -0.1) is 0 Å². The molecule has 0 amide bonds. The number of aromatic hydroxyl groups is 1. The minimum Gasteiger partial charge on any atom is -0.508 e. The second kappa shape index (κ2) is 8.07. The van der Waals surface area contributed by atoms with Crippen LogP contribution in [0.2, 0.25) is 0 Å². The minimum absolute atomic E-state index is 0.195. The molecule has 5 heteroatoms. The van der Waals surface area contributed by atoms with Crippen LogP contribution in [-0.4, -0.2) is 18.2 Å². The standard InChI is InChI=1S/C21H18O5/c1-24-18-10-4-16(5-11-18)21(23)26-20-8-2-15(3-9-20)14-25-19-12-6-17(22)7-13-19/h2-13,22H,14H2,1H3. The van der Waals surface area contributed by atoms with Gasteiger partial charge in [-0.05, 0) is 66.2 Å². The third kappa shape index (κ3) is 4.54. The van der Waals surface area contributed by atoms with Crippen LogP contribution in [0.3, 0.4) is 0 Å². The zero-order valence-electron chi connectivity index (χ0n) is 14.2. The summed E-state index contributed by atoms with van der Waals surface area (Å²) in [4.78, 5) is 12.1. The molecule has 0 saturated carbocycles. The Labute approximate surface area is 151 Å². The first kappa shape index (κ1) is 17.4. The Morgan fingerprint density at radius 1 is 0.808 bits per heavy atom. The number of esters is 1. The van der Waals surface area contributed by atoms with Crippen LogP contribution in [0.5, 0.6) is 23.0 Å². The molecule has 0 heterocycles. The highest BCUT2D eigenvalue weighted by Crippen LogP contribution is 2.19. The highest BCUT2D eigenvalue weighted by molar-refractivity contribution is 5.91. The molecule has 0 aromatic heterocycles. The van der Waals surface area contributed by atoms with Gasteiger partial charge >= 0.3 is 5.97 Å². The van der Waals surface area contributed by atoms with Crippen molar-refractivity contribution in [1.82, 2.24) is 0 Å². The Hall–Kier alpha value is -3.47. The molecule has 0 aliphatic heterocycles. The topological polar surface area (TPSA) is 65.0 Å². The monoisotopic (exact) mass is 350 g/mol. The van der Waals surface area contributed by atoms with E-state index < -0.39 is 5.97 Å². The number of rotatable bonds is 6. The number of phenols is 1. The zero-order valence-corrected chi connectivity index (χ0v) is 14.2. The maximum Gasteiger partial charge on any atom is 0.343 e. The van der Waals surface area contributed by atoms with E-state index in [1.165, 1.54) is 0 Å². The second-order valence-corrected chi connectivity index (χ2v) is 5.54. The van der Waals surface area contributed by atoms with Crippen molar-refractivity contribution in [3.05, 3.63) is 83.9 Å². The molecule has 0 unspecified atom stereocenters. The lowest BCUT2D eigenvalue weighted by Crippen LogP contribution is -2.08. The molecule has 0 spiro atoms. The maximum absolute atomic E-state index is 12.1. The van der Waals surface area contributed by atoms with Crippen molar-refractivity contribution in [3.8, 4) is 23.0 Å². The molecule has 1 N–H and O–H groups in total. The van der Waals surface area contributed by atoms with E-state index in [4.69, 9.17) is 14.2 Å². The van der Waals surface area contributed by atoms with Gasteiger partial charge in [-0.3, -0.25) is 0 Å². The van der Waals surface area contributed by atoms with Gasteiger partial charge in [0, 0.05) is 0 Å². The molecule has 26 heavy (non-hydrogen) atoms. The van der Waals surface area contributed by atoms with Gasteiger partial charge in [0.15, 0.2) is 0 Å². The van der Waals surface area contributed by atoms with Gasteiger partial charge in [0.2, 0.25) is 0 Å². The fraction of sp³-hybridized carbons (Fsp3) is 0.0952. The molecule has 0 atom stereocenters. The summed E-state index contributed by atoms with van der Waals surface area (Å²) in [5, 5.41) is 9.25. The third-order valence-electron chi connectivity index (χ3n) is 3.70. The number of hydrogen-bond donors (Lipinski definition) is 1. The molecule has 0 saturated heterocycles. The molecule has 5 nitrogen and oxygen atoms in total. The summed E-state index contributed by atoms with van der Waals surface area (Å²) >= 11 is 0. The Kier molecular flexibility index (Phi) is 5.39. The van der Waals surface area contributed by atoms with Crippen molar-refractivity contribution in [1.29, 1.82) is 0 Å². The molecule has 0 aliphatic rings. The molecule has 0 radical (unpaired) electrons. The van der Waals surface area contributed by atoms with E-state index in [1.54, 1.807) is 67.8 Å². The SMILES string of the molecule is COc1ccc(C(=O)Oc2ccc(COc3ccc(O)cc3)cc2)cc1. The molecule has 3 rings (SSSR count). The highest BCUT2D eigenvalue weighted by atomic mass is 16.5. The van der Waals surface area contributed by atoms with Gasteiger partial charge in [0.05, 0.1) is 12.7 Å². The number of carbonyl (C=O) groups excluding carboxylic acids is 1. The molecule has 0 aliphatic carbocycles. The third-order valence-corrected chi connectivity index (χ3v) is 3.70. The largest absolute Gasteiger partial charge is 0.508 e. The number of carbonyl (C=O) groups is 1. The molecule has 3 aromatic carbocycles. The Balaban J connectivity index is 1.56. The lowest BCUT2D eigenvalue weighted by molar-refractivity contribution is 0.0734. The molecule has 0 bridgehead atoms. The predicted molar refractivity (Wildman–Crippen MR) is 96.8 cm³/mol. The van der Waals surface area contributed by atoms with Gasteiger partial charge in [-0.1, -0.05) is 12.1 Å². The molecular weight excluding hydrogens is 332 g/mol. The van der Waals surface area contributed by atoms with Gasteiger partial charge in [-0.25, -0.2) is 4.79 Å². The normalized spacial score (nSPS) is 10.2. The van der Waals surface area contributed by atoms with Crippen molar-refractivity contribution in [3.63, 3.8) is 0 Å². The van der Waals surface area contributed by atoms with Crippen molar-refractivity contribution in [2.75, 3.05) is 7.11 Å². The fourth-order valence-corrected chi connectivity index (χ4v) is 2.26. The number of phenolic OH excluding ortho intramolecular Hbond substituents is 1. The van der Waals surface area contributed by atoms with Gasteiger partial charge < -0.3 is 19.3 Å². The molecule has 0 fully saturated rings. The highest BCUT2D eigenvalue weighted by Gasteiger charge is 2.09. The molecule has 3 aromatic rings. The van der Waals surface area contributed by atoms with Crippen molar-refractivity contribution >= 4 is 5.97 Å². The van der Waals surface area contributed by atoms with E-state index in [2.05, 4.69) is 0 Å². The lowest BCUT2D eigenvalue weighted by Gasteiger charge is -2.08. The predicted octanol–water partition coefficient (Wildman–Crippen LogP) is 4.20. The fourth-order valence-electron chi connectivity index (χ4n) is 2.26. The van der Waals surface area contributed by atoms with Gasteiger partial charge in [0.1, 0.15) is 29.6 Å². The Bertz CT molecular complexity index is 852. The first-order valence-electron chi connectivity index (χ1n) is 8.01. The van der Waals surface area contributed by atoms with Crippen LogP contribution in [0.4, 0.5) is 0 Å². The van der Waals surface area contributed by atoms with Crippen LogP contribution in [0.15, 0.2) is 72.8 Å².